The van der Waals surface area contributed by atoms with Crippen LogP contribution in [0.25, 0.3) is 11.0 Å². The fraction of sp³-hybridized carbons (Fsp3) is 0.500. The Morgan fingerprint density at radius 1 is 1.18 bits per heavy atom. The minimum absolute atomic E-state index is 0.312. The Morgan fingerprint density at radius 3 is 2.41 bits per heavy atom. The van der Waals surface area contributed by atoms with E-state index >= 15 is 0 Å². The van der Waals surface area contributed by atoms with Crippen LogP contribution in [0.2, 0.25) is 0 Å². The standard InChI is InChI=1S/C14H19N3/c1-13(2)11(14(13,3)4)12-16-9-6-5-8(15)7-10(9)17-12/h5-7,11H,15H2,1-4H3,(H,16,17). The molecule has 0 aliphatic heterocycles. The molecule has 0 atom stereocenters. The highest BCUT2D eigenvalue weighted by Gasteiger charge is 2.66. The molecule has 3 heteroatoms. The van der Waals surface area contributed by atoms with E-state index < -0.39 is 0 Å². The monoisotopic (exact) mass is 229 g/mol. The van der Waals surface area contributed by atoms with Crippen LogP contribution in [0.3, 0.4) is 0 Å². The first-order chi connectivity index (χ1) is 7.84. The molecular formula is C14H19N3. The molecule has 1 aliphatic rings. The number of nitrogen functional groups attached to an aromatic ring is 1. The number of anilines is 1. The van der Waals surface area contributed by atoms with Gasteiger partial charge in [0.05, 0.1) is 11.0 Å². The largest absolute Gasteiger partial charge is 0.399 e. The van der Waals surface area contributed by atoms with Gasteiger partial charge in [-0.1, -0.05) is 27.7 Å². The Kier molecular flexibility index (Phi) is 1.77. The van der Waals surface area contributed by atoms with Crippen LogP contribution in [0.5, 0.6) is 0 Å². The first-order valence-corrected chi connectivity index (χ1v) is 6.09. The second-order valence-electron chi connectivity index (χ2n) is 6.28. The summed E-state index contributed by atoms with van der Waals surface area (Å²) in [5, 5.41) is 0. The topological polar surface area (TPSA) is 54.7 Å². The third-order valence-corrected chi connectivity index (χ3v) is 4.82. The quantitative estimate of drug-likeness (QED) is 0.737. The van der Waals surface area contributed by atoms with Crippen LogP contribution in [0.1, 0.15) is 39.4 Å². The van der Waals surface area contributed by atoms with Crippen molar-refractivity contribution in [2.24, 2.45) is 10.8 Å². The van der Waals surface area contributed by atoms with Gasteiger partial charge in [-0.2, -0.15) is 0 Å². The first kappa shape index (κ1) is 10.6. The molecule has 0 spiro atoms. The molecule has 0 amide bonds. The number of hydrogen-bond acceptors (Lipinski definition) is 2. The van der Waals surface area contributed by atoms with Crippen LogP contribution in [0.15, 0.2) is 18.2 Å². The molecular weight excluding hydrogens is 210 g/mol. The molecule has 1 heterocycles. The maximum atomic E-state index is 5.78. The van der Waals surface area contributed by atoms with Gasteiger partial charge in [-0.25, -0.2) is 4.98 Å². The van der Waals surface area contributed by atoms with Gasteiger partial charge in [-0.05, 0) is 29.0 Å². The number of fused-ring (bicyclic) bond motifs is 1. The Balaban J connectivity index is 2.09. The molecule has 2 aromatic rings. The van der Waals surface area contributed by atoms with Gasteiger partial charge in [0.25, 0.3) is 0 Å². The van der Waals surface area contributed by atoms with Crippen LogP contribution >= 0.6 is 0 Å². The predicted molar refractivity (Wildman–Crippen MR) is 70.8 cm³/mol. The number of nitrogens with zero attached hydrogens (tertiary/aromatic N) is 1. The molecule has 90 valence electrons. The molecule has 1 fully saturated rings. The van der Waals surface area contributed by atoms with E-state index in [4.69, 9.17) is 10.7 Å². The predicted octanol–water partition coefficient (Wildman–Crippen LogP) is 3.29. The van der Waals surface area contributed by atoms with E-state index in [1.165, 1.54) is 0 Å². The van der Waals surface area contributed by atoms with Crippen LogP contribution in [0, 0.1) is 10.8 Å². The van der Waals surface area contributed by atoms with Crippen LogP contribution in [0.4, 0.5) is 5.69 Å². The fourth-order valence-electron chi connectivity index (χ4n) is 3.06. The Bertz CT molecular complexity index is 579. The first-order valence-electron chi connectivity index (χ1n) is 6.09. The summed E-state index contributed by atoms with van der Waals surface area (Å²) in [5.41, 5.74) is 9.23. The molecule has 0 unspecified atom stereocenters. The second kappa shape index (κ2) is 2.84. The maximum absolute atomic E-state index is 5.78. The summed E-state index contributed by atoms with van der Waals surface area (Å²) in [6.45, 7) is 9.22. The van der Waals surface area contributed by atoms with Crippen molar-refractivity contribution in [2.75, 3.05) is 5.73 Å². The van der Waals surface area contributed by atoms with E-state index in [1.54, 1.807) is 0 Å². The third-order valence-electron chi connectivity index (χ3n) is 4.82. The van der Waals surface area contributed by atoms with Crippen molar-refractivity contribution in [3.63, 3.8) is 0 Å². The van der Waals surface area contributed by atoms with Gasteiger partial charge >= 0.3 is 0 Å². The highest BCUT2D eigenvalue weighted by Crippen LogP contribution is 2.73. The van der Waals surface area contributed by atoms with Crippen LogP contribution in [-0.2, 0) is 0 Å². The van der Waals surface area contributed by atoms with Gasteiger partial charge in [0.2, 0.25) is 0 Å². The molecule has 0 bridgehead atoms. The molecule has 17 heavy (non-hydrogen) atoms. The number of H-pyrrole nitrogens is 1. The summed E-state index contributed by atoms with van der Waals surface area (Å²) in [6, 6.07) is 5.83. The van der Waals surface area contributed by atoms with Gasteiger partial charge < -0.3 is 10.7 Å². The van der Waals surface area contributed by atoms with E-state index in [-0.39, 0.29) is 0 Å². The minimum atomic E-state index is 0.312. The Hall–Kier alpha value is -1.51. The van der Waals surface area contributed by atoms with Crippen molar-refractivity contribution >= 4 is 16.7 Å². The summed E-state index contributed by atoms with van der Waals surface area (Å²) < 4.78 is 0. The Morgan fingerprint density at radius 2 is 1.82 bits per heavy atom. The minimum Gasteiger partial charge on any atom is -0.399 e. The number of nitrogens with two attached hydrogens (primary N) is 1. The second-order valence-corrected chi connectivity index (χ2v) is 6.28. The van der Waals surface area contributed by atoms with E-state index in [0.717, 1.165) is 22.5 Å². The Labute approximate surface area is 101 Å². The van der Waals surface area contributed by atoms with E-state index in [0.29, 0.717) is 16.7 Å². The normalized spacial score (nSPS) is 21.9. The molecule has 3 N–H and O–H groups in total. The van der Waals surface area contributed by atoms with Gasteiger partial charge in [0, 0.05) is 11.6 Å². The smallest absolute Gasteiger partial charge is 0.111 e. The lowest BCUT2D eigenvalue weighted by atomic mass is 10.0. The van der Waals surface area contributed by atoms with Crippen LogP contribution in [-0.4, -0.2) is 9.97 Å². The zero-order chi connectivity index (χ0) is 12.4. The van der Waals surface area contributed by atoms with Crippen LogP contribution < -0.4 is 5.73 Å². The summed E-state index contributed by atoms with van der Waals surface area (Å²) in [7, 11) is 0. The van der Waals surface area contributed by atoms with E-state index in [1.807, 2.05) is 18.2 Å². The van der Waals surface area contributed by atoms with Gasteiger partial charge in [0.1, 0.15) is 5.82 Å². The average molecular weight is 229 g/mol. The number of aromatic nitrogens is 2. The lowest BCUT2D eigenvalue weighted by Gasteiger charge is -2.03. The van der Waals surface area contributed by atoms with E-state index in [9.17, 15) is 0 Å². The lowest BCUT2D eigenvalue weighted by molar-refractivity contribution is 0.457. The molecule has 1 aromatic carbocycles. The molecule has 1 saturated carbocycles. The number of hydrogen-bond donors (Lipinski definition) is 2. The van der Waals surface area contributed by atoms with Crippen molar-refractivity contribution in [1.82, 2.24) is 9.97 Å². The average Bonchev–Trinajstić information content (AvgIpc) is 2.56. The van der Waals surface area contributed by atoms with Crippen molar-refractivity contribution < 1.29 is 0 Å². The number of rotatable bonds is 1. The highest BCUT2D eigenvalue weighted by atomic mass is 15.0. The summed E-state index contributed by atoms with van der Waals surface area (Å²) in [4.78, 5) is 8.11. The summed E-state index contributed by atoms with van der Waals surface area (Å²) >= 11 is 0. The lowest BCUT2D eigenvalue weighted by Crippen LogP contribution is -1.95. The number of aromatic amines is 1. The summed E-state index contributed by atoms with van der Waals surface area (Å²) in [5.74, 6) is 1.60. The molecule has 3 nitrogen and oxygen atoms in total. The molecule has 0 saturated heterocycles. The van der Waals surface area contributed by atoms with Gasteiger partial charge in [-0.3, -0.25) is 0 Å². The molecule has 0 radical (unpaired) electrons. The molecule has 1 aromatic heterocycles. The zero-order valence-electron chi connectivity index (χ0n) is 10.8. The molecule has 1 aliphatic carbocycles. The third kappa shape index (κ3) is 1.25. The van der Waals surface area contributed by atoms with Crippen molar-refractivity contribution in [2.45, 2.75) is 33.6 Å². The zero-order valence-corrected chi connectivity index (χ0v) is 10.8. The SMILES string of the molecule is CC1(C)C(c2nc3ccc(N)cc3[nH]2)C1(C)C. The van der Waals surface area contributed by atoms with Crippen molar-refractivity contribution in [1.29, 1.82) is 0 Å². The molecule has 3 rings (SSSR count). The van der Waals surface area contributed by atoms with Crippen molar-refractivity contribution in [3.05, 3.63) is 24.0 Å². The fourth-order valence-corrected chi connectivity index (χ4v) is 3.06. The van der Waals surface area contributed by atoms with E-state index in [2.05, 4.69) is 32.7 Å². The summed E-state index contributed by atoms with van der Waals surface area (Å²) in [6.07, 6.45) is 0. The van der Waals surface area contributed by atoms with Crippen molar-refractivity contribution in [3.8, 4) is 0 Å². The number of nitrogens with one attached hydrogen (secondary N) is 1. The number of imidazole rings is 1. The van der Waals surface area contributed by atoms with Gasteiger partial charge in [-0.15, -0.1) is 0 Å². The van der Waals surface area contributed by atoms with Gasteiger partial charge in [0.15, 0.2) is 0 Å². The highest BCUT2D eigenvalue weighted by molar-refractivity contribution is 5.79. The maximum Gasteiger partial charge on any atom is 0.111 e. The number of benzene rings is 1.